The number of nitrogens with one attached hydrogen (secondary N) is 2. The summed E-state index contributed by atoms with van der Waals surface area (Å²) in [5, 5.41) is 6.02. The van der Waals surface area contributed by atoms with E-state index >= 15 is 0 Å². The summed E-state index contributed by atoms with van der Waals surface area (Å²) >= 11 is 0. The first-order valence-electron chi connectivity index (χ1n) is 12.9. The molecule has 2 aliphatic rings. The zero-order chi connectivity index (χ0) is 27.2. The Morgan fingerprint density at radius 3 is 2.45 bits per heavy atom. The average Bonchev–Trinajstić information content (AvgIpc) is 3.32. The number of hydrogen-bond donors (Lipinski definition) is 2. The Morgan fingerprint density at radius 2 is 1.79 bits per heavy atom. The van der Waals surface area contributed by atoms with Gasteiger partial charge in [0.25, 0.3) is 5.91 Å². The number of halogens is 2. The van der Waals surface area contributed by atoms with Gasteiger partial charge in [0.15, 0.2) is 6.61 Å². The second-order valence-corrected chi connectivity index (χ2v) is 9.97. The number of piperazine rings is 1. The maximum Gasteiger partial charge on any atom is 0.410 e. The lowest BCUT2D eigenvalue weighted by molar-refractivity contribution is -0.141. The number of amides is 3. The highest BCUT2D eigenvalue weighted by atomic mass is 19.1. The van der Waals surface area contributed by atoms with Crippen molar-refractivity contribution in [2.75, 3.05) is 39.3 Å². The third-order valence-corrected chi connectivity index (χ3v) is 6.97. The van der Waals surface area contributed by atoms with Gasteiger partial charge in [-0.1, -0.05) is 56.3 Å². The third-order valence-electron chi connectivity index (χ3n) is 6.97. The molecule has 0 radical (unpaired) electrons. The number of rotatable bonds is 7. The molecule has 2 heterocycles. The zero-order valence-electron chi connectivity index (χ0n) is 21.7. The quantitative estimate of drug-likeness (QED) is 0.576. The van der Waals surface area contributed by atoms with Gasteiger partial charge in [0.05, 0.1) is 12.6 Å². The first kappa shape index (κ1) is 27.5. The molecule has 2 aromatic rings. The Kier molecular flexibility index (Phi) is 8.93. The Balaban J connectivity index is 1.48. The number of alkyl halides is 1. The summed E-state index contributed by atoms with van der Waals surface area (Å²) in [7, 11) is 0. The molecular formula is C28H34F2N4O4. The molecule has 3 amide bonds. The molecule has 0 aliphatic carbocycles. The van der Waals surface area contributed by atoms with Crippen molar-refractivity contribution in [3.8, 4) is 0 Å². The number of likely N-dealkylation sites (tertiary alicyclic amines) is 1. The van der Waals surface area contributed by atoms with Crippen LogP contribution >= 0.6 is 0 Å². The number of carbonyl (C=O) groups is 3. The minimum Gasteiger partial charge on any atom is -0.439 e. The van der Waals surface area contributed by atoms with E-state index in [2.05, 4.69) is 10.6 Å². The maximum absolute atomic E-state index is 14.9. The van der Waals surface area contributed by atoms with Gasteiger partial charge in [-0.25, -0.2) is 13.6 Å². The van der Waals surface area contributed by atoms with Crippen molar-refractivity contribution in [3.05, 3.63) is 71.0 Å². The van der Waals surface area contributed by atoms with Crippen LogP contribution in [-0.4, -0.2) is 79.3 Å². The molecule has 38 heavy (non-hydrogen) atoms. The van der Waals surface area contributed by atoms with Gasteiger partial charge in [0.1, 0.15) is 18.0 Å². The van der Waals surface area contributed by atoms with Gasteiger partial charge >= 0.3 is 6.09 Å². The molecule has 2 fully saturated rings. The zero-order valence-corrected chi connectivity index (χ0v) is 21.7. The Bertz CT molecular complexity index is 1140. The van der Waals surface area contributed by atoms with Crippen LogP contribution in [0.1, 0.15) is 48.9 Å². The summed E-state index contributed by atoms with van der Waals surface area (Å²) in [5.74, 6) is -1.58. The molecule has 0 aromatic heterocycles. The molecular weight excluding hydrogens is 494 g/mol. The number of carbonyl (C=O) groups excluding carboxylic acids is 3. The summed E-state index contributed by atoms with van der Waals surface area (Å²) in [5.41, 5.74) is 1.81. The van der Waals surface area contributed by atoms with E-state index in [4.69, 9.17) is 4.74 Å². The van der Waals surface area contributed by atoms with Gasteiger partial charge in [0.2, 0.25) is 5.91 Å². The lowest BCUT2D eigenvalue weighted by Crippen LogP contribution is -2.49. The fraction of sp³-hybridized carbons (Fsp3) is 0.464. The lowest BCUT2D eigenvalue weighted by Gasteiger charge is -2.28. The Hall–Kier alpha value is -3.53. The summed E-state index contributed by atoms with van der Waals surface area (Å²) in [6.45, 7) is 5.14. The van der Waals surface area contributed by atoms with Crippen LogP contribution in [0.25, 0.3) is 0 Å². The van der Waals surface area contributed by atoms with Gasteiger partial charge in [-0.05, 0) is 28.7 Å². The lowest BCUT2D eigenvalue weighted by atomic mass is 9.94. The van der Waals surface area contributed by atoms with Crippen LogP contribution in [0.3, 0.4) is 0 Å². The van der Waals surface area contributed by atoms with Crippen molar-refractivity contribution in [1.82, 2.24) is 20.4 Å². The fourth-order valence-electron chi connectivity index (χ4n) is 4.89. The highest BCUT2D eigenvalue weighted by molar-refractivity contribution is 5.90. The van der Waals surface area contributed by atoms with Crippen molar-refractivity contribution in [2.24, 2.45) is 0 Å². The second-order valence-electron chi connectivity index (χ2n) is 9.97. The Morgan fingerprint density at radius 1 is 1.08 bits per heavy atom. The van der Waals surface area contributed by atoms with E-state index in [0.29, 0.717) is 37.3 Å². The molecule has 2 aromatic carbocycles. The molecule has 8 nitrogen and oxygen atoms in total. The Labute approximate surface area is 221 Å². The average molecular weight is 529 g/mol. The van der Waals surface area contributed by atoms with Crippen LogP contribution in [0.15, 0.2) is 48.5 Å². The van der Waals surface area contributed by atoms with E-state index < -0.39 is 42.8 Å². The molecule has 204 valence electrons. The molecule has 3 atom stereocenters. The van der Waals surface area contributed by atoms with Gasteiger partial charge in [-0.3, -0.25) is 9.59 Å². The van der Waals surface area contributed by atoms with Crippen molar-refractivity contribution in [3.63, 3.8) is 0 Å². The fourth-order valence-corrected chi connectivity index (χ4v) is 4.89. The highest BCUT2D eigenvalue weighted by Gasteiger charge is 2.41. The van der Waals surface area contributed by atoms with E-state index in [1.165, 1.54) is 11.0 Å². The molecule has 0 bridgehead atoms. The third kappa shape index (κ3) is 6.48. The predicted octanol–water partition coefficient (Wildman–Crippen LogP) is 3.14. The summed E-state index contributed by atoms with van der Waals surface area (Å²) < 4.78 is 34.5. The number of ether oxygens (including phenoxy) is 1. The largest absolute Gasteiger partial charge is 0.439 e. The summed E-state index contributed by atoms with van der Waals surface area (Å²) in [4.78, 5) is 41.2. The highest BCUT2D eigenvalue weighted by Crippen LogP contribution is 2.28. The minimum atomic E-state index is -1.39. The summed E-state index contributed by atoms with van der Waals surface area (Å²) in [6, 6.07) is 12.1. The molecule has 4 rings (SSSR count). The molecule has 2 saturated heterocycles. The minimum absolute atomic E-state index is 0.00551. The second kappa shape index (κ2) is 12.3. The summed E-state index contributed by atoms with van der Waals surface area (Å²) in [6.07, 6.45) is -2.18. The number of benzene rings is 2. The van der Waals surface area contributed by atoms with Gasteiger partial charge in [0, 0.05) is 32.6 Å². The van der Waals surface area contributed by atoms with E-state index in [-0.39, 0.29) is 24.7 Å². The predicted molar refractivity (Wildman–Crippen MR) is 138 cm³/mol. The van der Waals surface area contributed by atoms with Crippen LogP contribution < -0.4 is 10.6 Å². The van der Waals surface area contributed by atoms with Crippen LogP contribution in [0, 0.1) is 5.82 Å². The SMILES string of the molecule is CC(C)c1ccc([C@@H](NC(=O)[C@@H]2C[C@@H](F)CN2C(=O)COC(=O)N2CCNCC2)c2ccccc2)cc1F. The van der Waals surface area contributed by atoms with Crippen LogP contribution in [-0.2, 0) is 14.3 Å². The van der Waals surface area contributed by atoms with Crippen molar-refractivity contribution >= 4 is 17.9 Å². The van der Waals surface area contributed by atoms with Crippen molar-refractivity contribution in [1.29, 1.82) is 0 Å². The molecule has 0 saturated carbocycles. The van der Waals surface area contributed by atoms with Crippen molar-refractivity contribution in [2.45, 2.75) is 44.4 Å². The van der Waals surface area contributed by atoms with E-state index in [9.17, 15) is 23.2 Å². The first-order chi connectivity index (χ1) is 18.2. The maximum atomic E-state index is 14.9. The molecule has 2 N–H and O–H groups in total. The number of nitrogens with zero attached hydrogens (tertiary/aromatic N) is 2. The molecule has 10 heteroatoms. The first-order valence-corrected chi connectivity index (χ1v) is 12.9. The molecule has 2 aliphatic heterocycles. The standard InChI is InChI=1S/C28H34F2N4O4/c1-18(2)22-9-8-20(14-23(22)30)26(19-6-4-3-5-7-19)32-27(36)24-15-21(29)16-34(24)25(35)17-38-28(37)33-12-10-31-11-13-33/h3-9,14,18,21,24,26,31H,10-13,15-17H2,1-2H3,(H,32,36)/t21-,24+,26+/m1/s1. The number of hydrogen-bond acceptors (Lipinski definition) is 5. The normalized spacial score (nSPS) is 20.3. The van der Waals surface area contributed by atoms with E-state index in [1.54, 1.807) is 12.1 Å². The van der Waals surface area contributed by atoms with Crippen LogP contribution in [0.5, 0.6) is 0 Å². The van der Waals surface area contributed by atoms with Gasteiger partial charge in [-0.2, -0.15) is 0 Å². The van der Waals surface area contributed by atoms with Gasteiger partial charge in [-0.15, -0.1) is 0 Å². The van der Waals surface area contributed by atoms with Crippen LogP contribution in [0.4, 0.5) is 13.6 Å². The molecule has 0 spiro atoms. The van der Waals surface area contributed by atoms with E-state index in [0.717, 1.165) is 10.5 Å². The molecule has 0 unspecified atom stereocenters. The van der Waals surface area contributed by atoms with Crippen molar-refractivity contribution < 1.29 is 27.9 Å². The topological polar surface area (TPSA) is 91.0 Å². The smallest absolute Gasteiger partial charge is 0.410 e. The monoisotopic (exact) mass is 528 g/mol. The van der Waals surface area contributed by atoms with E-state index in [1.807, 2.05) is 44.2 Å². The van der Waals surface area contributed by atoms with Crippen LogP contribution in [0.2, 0.25) is 0 Å². The van der Waals surface area contributed by atoms with Gasteiger partial charge < -0.3 is 25.2 Å².